The van der Waals surface area contributed by atoms with E-state index in [0.717, 1.165) is 38.3 Å². The number of nitrogens with zero attached hydrogens (tertiary/aromatic N) is 2. The SMILES string of the molecule is CCNC(=O)CCn1c(CC(C)C)nc2c1CCNC2. The van der Waals surface area contributed by atoms with Gasteiger partial charge in [-0.3, -0.25) is 4.79 Å². The quantitative estimate of drug-likeness (QED) is 0.823. The Hall–Kier alpha value is -1.36. The van der Waals surface area contributed by atoms with Crippen LogP contribution in [0.3, 0.4) is 0 Å². The number of rotatable bonds is 6. The normalized spacial score (nSPS) is 14.4. The van der Waals surface area contributed by atoms with Crippen molar-refractivity contribution < 1.29 is 4.79 Å². The third-order valence-corrected chi connectivity index (χ3v) is 3.59. The summed E-state index contributed by atoms with van der Waals surface area (Å²) in [7, 11) is 0. The van der Waals surface area contributed by atoms with Crippen molar-refractivity contribution in [2.45, 2.75) is 53.1 Å². The maximum absolute atomic E-state index is 11.7. The van der Waals surface area contributed by atoms with Crippen LogP contribution in [0.25, 0.3) is 0 Å². The molecule has 5 nitrogen and oxygen atoms in total. The molecular weight excluding hydrogens is 252 g/mol. The van der Waals surface area contributed by atoms with E-state index in [1.165, 1.54) is 11.4 Å². The summed E-state index contributed by atoms with van der Waals surface area (Å²) in [5.41, 5.74) is 2.49. The average Bonchev–Trinajstić information content (AvgIpc) is 2.73. The second-order valence-corrected chi connectivity index (χ2v) is 5.80. The van der Waals surface area contributed by atoms with Crippen molar-refractivity contribution in [3.05, 3.63) is 17.2 Å². The van der Waals surface area contributed by atoms with E-state index in [2.05, 4.69) is 29.0 Å². The van der Waals surface area contributed by atoms with E-state index in [9.17, 15) is 4.79 Å². The highest BCUT2D eigenvalue weighted by Crippen LogP contribution is 2.19. The van der Waals surface area contributed by atoms with E-state index in [4.69, 9.17) is 4.98 Å². The van der Waals surface area contributed by atoms with Gasteiger partial charge in [0.05, 0.1) is 5.69 Å². The predicted octanol–water partition coefficient (Wildman–Crippen LogP) is 1.25. The van der Waals surface area contributed by atoms with Crippen LogP contribution >= 0.6 is 0 Å². The minimum absolute atomic E-state index is 0.124. The molecule has 20 heavy (non-hydrogen) atoms. The Morgan fingerprint density at radius 3 is 3.00 bits per heavy atom. The molecular formula is C15H26N4O. The number of imidazole rings is 1. The fourth-order valence-corrected chi connectivity index (χ4v) is 2.71. The standard InChI is InChI=1S/C15H26N4O/c1-4-17-15(20)6-8-19-13-5-7-16-10-12(13)18-14(19)9-11(2)3/h11,16H,4-10H2,1-3H3,(H,17,20). The van der Waals surface area contributed by atoms with Crippen LogP contribution in [-0.2, 0) is 30.7 Å². The number of aromatic nitrogens is 2. The van der Waals surface area contributed by atoms with Crippen LogP contribution in [-0.4, -0.2) is 28.5 Å². The summed E-state index contributed by atoms with van der Waals surface area (Å²) in [6.45, 7) is 9.67. The molecule has 0 fully saturated rings. The van der Waals surface area contributed by atoms with Gasteiger partial charge in [-0.1, -0.05) is 13.8 Å². The van der Waals surface area contributed by atoms with E-state index in [0.29, 0.717) is 18.9 Å². The number of carbonyl (C=O) groups excluding carboxylic acids is 1. The molecule has 0 saturated heterocycles. The van der Waals surface area contributed by atoms with Crippen LogP contribution < -0.4 is 10.6 Å². The van der Waals surface area contributed by atoms with E-state index in [1.807, 2.05) is 6.92 Å². The number of carbonyl (C=O) groups is 1. The van der Waals surface area contributed by atoms with Crippen molar-refractivity contribution in [2.24, 2.45) is 5.92 Å². The van der Waals surface area contributed by atoms with Gasteiger partial charge in [-0.15, -0.1) is 0 Å². The molecule has 0 atom stereocenters. The van der Waals surface area contributed by atoms with Gasteiger partial charge in [0.25, 0.3) is 0 Å². The Labute approximate surface area is 121 Å². The highest BCUT2D eigenvalue weighted by molar-refractivity contribution is 5.75. The molecule has 0 saturated carbocycles. The van der Waals surface area contributed by atoms with Crippen molar-refractivity contribution in [1.82, 2.24) is 20.2 Å². The van der Waals surface area contributed by atoms with Crippen LogP contribution in [0.4, 0.5) is 0 Å². The first-order chi connectivity index (χ1) is 9.61. The van der Waals surface area contributed by atoms with Gasteiger partial charge in [0.2, 0.25) is 5.91 Å². The van der Waals surface area contributed by atoms with Gasteiger partial charge >= 0.3 is 0 Å². The number of hydrogen-bond donors (Lipinski definition) is 2. The Morgan fingerprint density at radius 1 is 1.50 bits per heavy atom. The molecule has 2 N–H and O–H groups in total. The van der Waals surface area contributed by atoms with Gasteiger partial charge in [-0.2, -0.15) is 0 Å². The highest BCUT2D eigenvalue weighted by Gasteiger charge is 2.20. The zero-order valence-electron chi connectivity index (χ0n) is 12.8. The average molecular weight is 278 g/mol. The first kappa shape index (κ1) is 15.0. The van der Waals surface area contributed by atoms with E-state index < -0.39 is 0 Å². The third kappa shape index (κ3) is 3.60. The molecule has 5 heteroatoms. The van der Waals surface area contributed by atoms with E-state index in [-0.39, 0.29) is 5.91 Å². The van der Waals surface area contributed by atoms with Crippen molar-refractivity contribution in [3.63, 3.8) is 0 Å². The largest absolute Gasteiger partial charge is 0.356 e. The van der Waals surface area contributed by atoms with E-state index in [1.54, 1.807) is 0 Å². The number of fused-ring (bicyclic) bond motifs is 1. The second-order valence-electron chi connectivity index (χ2n) is 5.80. The molecule has 112 valence electrons. The first-order valence-corrected chi connectivity index (χ1v) is 7.66. The molecule has 0 bridgehead atoms. The van der Waals surface area contributed by atoms with Crippen molar-refractivity contribution in [2.75, 3.05) is 13.1 Å². The fourth-order valence-electron chi connectivity index (χ4n) is 2.71. The lowest BCUT2D eigenvalue weighted by atomic mass is 10.1. The molecule has 0 aromatic carbocycles. The Balaban J connectivity index is 2.15. The molecule has 1 aromatic heterocycles. The number of hydrogen-bond acceptors (Lipinski definition) is 3. The lowest BCUT2D eigenvalue weighted by Crippen LogP contribution is -2.27. The zero-order chi connectivity index (χ0) is 14.5. The molecule has 1 aliphatic heterocycles. The van der Waals surface area contributed by atoms with Gasteiger partial charge in [0.1, 0.15) is 5.82 Å². The van der Waals surface area contributed by atoms with Crippen molar-refractivity contribution in [3.8, 4) is 0 Å². The van der Waals surface area contributed by atoms with Crippen LogP contribution in [0.15, 0.2) is 0 Å². The summed E-state index contributed by atoms with van der Waals surface area (Å²) < 4.78 is 2.28. The number of amides is 1. The summed E-state index contributed by atoms with van der Waals surface area (Å²) in [4.78, 5) is 16.5. The van der Waals surface area contributed by atoms with Crippen LogP contribution in [0, 0.1) is 5.92 Å². The highest BCUT2D eigenvalue weighted by atomic mass is 16.1. The van der Waals surface area contributed by atoms with Gasteiger partial charge in [-0.05, 0) is 12.8 Å². The fraction of sp³-hybridized carbons (Fsp3) is 0.733. The minimum atomic E-state index is 0.124. The number of nitrogens with one attached hydrogen (secondary N) is 2. The van der Waals surface area contributed by atoms with Gasteiger partial charge in [-0.25, -0.2) is 4.98 Å². The van der Waals surface area contributed by atoms with E-state index >= 15 is 0 Å². The molecule has 0 aliphatic carbocycles. The summed E-state index contributed by atoms with van der Waals surface area (Å²) in [5, 5.41) is 6.23. The Bertz CT molecular complexity index is 465. The van der Waals surface area contributed by atoms with Crippen molar-refractivity contribution in [1.29, 1.82) is 0 Å². The monoisotopic (exact) mass is 278 g/mol. The smallest absolute Gasteiger partial charge is 0.221 e. The lowest BCUT2D eigenvalue weighted by Gasteiger charge is -2.16. The Kier molecular flexibility index (Phi) is 5.17. The molecule has 1 aromatic rings. The molecule has 0 spiro atoms. The van der Waals surface area contributed by atoms with Gasteiger partial charge < -0.3 is 15.2 Å². The summed E-state index contributed by atoms with van der Waals surface area (Å²) in [5.74, 6) is 1.84. The van der Waals surface area contributed by atoms with Crippen LogP contribution in [0.2, 0.25) is 0 Å². The molecule has 2 heterocycles. The van der Waals surface area contributed by atoms with Crippen LogP contribution in [0.1, 0.15) is 44.4 Å². The second kappa shape index (κ2) is 6.88. The molecule has 0 unspecified atom stereocenters. The van der Waals surface area contributed by atoms with Gasteiger partial charge in [0.15, 0.2) is 0 Å². The maximum Gasteiger partial charge on any atom is 0.221 e. The van der Waals surface area contributed by atoms with Crippen molar-refractivity contribution >= 4 is 5.91 Å². The third-order valence-electron chi connectivity index (χ3n) is 3.59. The Morgan fingerprint density at radius 2 is 2.30 bits per heavy atom. The summed E-state index contributed by atoms with van der Waals surface area (Å²) in [6, 6.07) is 0. The van der Waals surface area contributed by atoms with Crippen LogP contribution in [0.5, 0.6) is 0 Å². The molecule has 1 amide bonds. The molecule has 1 aliphatic rings. The molecule has 2 rings (SSSR count). The van der Waals surface area contributed by atoms with Gasteiger partial charge in [0, 0.05) is 51.1 Å². The first-order valence-electron chi connectivity index (χ1n) is 7.66. The molecule has 0 radical (unpaired) electrons. The predicted molar refractivity (Wildman–Crippen MR) is 79.5 cm³/mol. The minimum Gasteiger partial charge on any atom is -0.356 e. The summed E-state index contributed by atoms with van der Waals surface area (Å²) in [6.07, 6.45) is 2.52. The topological polar surface area (TPSA) is 59.0 Å². The lowest BCUT2D eigenvalue weighted by molar-refractivity contribution is -0.121. The zero-order valence-corrected chi connectivity index (χ0v) is 12.8. The summed E-state index contributed by atoms with van der Waals surface area (Å²) >= 11 is 0. The maximum atomic E-state index is 11.7.